The lowest BCUT2D eigenvalue weighted by Gasteiger charge is -2.21. The first-order chi connectivity index (χ1) is 18.1. The number of alkyl carbamates (subject to hydrolysis) is 1. The predicted molar refractivity (Wildman–Crippen MR) is 148 cm³/mol. The van der Waals surface area contributed by atoms with Crippen LogP contribution in [-0.2, 0) is 27.8 Å². The Labute approximate surface area is 225 Å². The lowest BCUT2D eigenvalue weighted by molar-refractivity contribution is -0.135. The summed E-state index contributed by atoms with van der Waals surface area (Å²) in [6.45, 7) is 6.25. The largest absolute Gasteiger partial charge is 0.444 e. The van der Waals surface area contributed by atoms with Crippen LogP contribution < -0.4 is 16.3 Å². The number of nitrogens with one attached hydrogen (secondary N) is 2. The van der Waals surface area contributed by atoms with E-state index in [0.717, 1.165) is 36.7 Å². The van der Waals surface area contributed by atoms with Gasteiger partial charge in [0.15, 0.2) is 0 Å². The number of imide groups is 1. The van der Waals surface area contributed by atoms with Crippen molar-refractivity contribution < 1.29 is 19.1 Å². The van der Waals surface area contributed by atoms with E-state index in [1.807, 2.05) is 32.9 Å². The fourth-order valence-corrected chi connectivity index (χ4v) is 4.99. The standard InChI is InChI=1S/C29H44N4O5/c1-29(2,3)38-27(36)30-19-13-11-9-7-5-6-8-10-12-14-21-15-16-22-24(20-21)32(4)28(37)33(22)23-17-18-25(34)31-26(23)35/h15-16,20,23H,5-14,17-19H2,1-4H3,(H,30,36)(H,31,34,35). The summed E-state index contributed by atoms with van der Waals surface area (Å²) in [6, 6.07) is 5.38. The number of piperidine rings is 1. The third-order valence-corrected chi connectivity index (χ3v) is 6.99. The first-order valence-electron chi connectivity index (χ1n) is 14.1. The number of fused-ring (bicyclic) bond motifs is 1. The van der Waals surface area contributed by atoms with Gasteiger partial charge >= 0.3 is 11.8 Å². The molecule has 2 aromatic rings. The van der Waals surface area contributed by atoms with Crippen molar-refractivity contribution in [1.82, 2.24) is 19.8 Å². The Morgan fingerprint density at radius 1 is 0.974 bits per heavy atom. The van der Waals surface area contributed by atoms with Gasteiger partial charge in [-0.05, 0) is 64.2 Å². The zero-order valence-electron chi connectivity index (χ0n) is 23.4. The van der Waals surface area contributed by atoms with Crippen molar-refractivity contribution in [1.29, 1.82) is 0 Å². The van der Waals surface area contributed by atoms with Crippen molar-refractivity contribution in [3.8, 4) is 0 Å². The van der Waals surface area contributed by atoms with Crippen LogP contribution in [0.3, 0.4) is 0 Å². The van der Waals surface area contributed by atoms with Crippen LogP contribution in [0.1, 0.15) is 103 Å². The molecule has 2 N–H and O–H groups in total. The molecule has 1 fully saturated rings. The Balaban J connectivity index is 1.32. The van der Waals surface area contributed by atoms with E-state index in [0.29, 0.717) is 13.0 Å². The van der Waals surface area contributed by atoms with Crippen LogP contribution in [0.2, 0.25) is 0 Å². The van der Waals surface area contributed by atoms with Crippen LogP contribution in [0.25, 0.3) is 11.0 Å². The van der Waals surface area contributed by atoms with Crippen molar-refractivity contribution in [3.05, 3.63) is 34.2 Å². The Bertz CT molecular complexity index is 1170. The number of hydrogen-bond acceptors (Lipinski definition) is 5. The number of unbranched alkanes of at least 4 members (excludes halogenated alkanes) is 8. The minimum Gasteiger partial charge on any atom is -0.444 e. The molecule has 0 spiro atoms. The molecule has 1 aromatic carbocycles. The van der Waals surface area contributed by atoms with Gasteiger partial charge in [-0.3, -0.25) is 24.0 Å². The van der Waals surface area contributed by atoms with Gasteiger partial charge in [-0.15, -0.1) is 0 Å². The van der Waals surface area contributed by atoms with Crippen LogP contribution in [0.15, 0.2) is 23.0 Å². The molecule has 1 aliphatic heterocycles. The molecule has 1 atom stereocenters. The van der Waals surface area contributed by atoms with Gasteiger partial charge in [0.1, 0.15) is 11.6 Å². The van der Waals surface area contributed by atoms with Crippen LogP contribution >= 0.6 is 0 Å². The first kappa shape index (κ1) is 29.5. The number of carbonyl (C=O) groups is 3. The minimum absolute atomic E-state index is 0.231. The molecule has 3 rings (SSSR count). The maximum atomic E-state index is 12.9. The molecule has 210 valence electrons. The van der Waals surface area contributed by atoms with Crippen LogP contribution in [0, 0.1) is 0 Å². The van der Waals surface area contributed by atoms with Crippen LogP contribution in [-0.4, -0.2) is 39.2 Å². The third-order valence-electron chi connectivity index (χ3n) is 6.99. The summed E-state index contributed by atoms with van der Waals surface area (Å²) in [6.07, 6.45) is 11.7. The highest BCUT2D eigenvalue weighted by molar-refractivity contribution is 6.00. The molecule has 1 saturated heterocycles. The van der Waals surface area contributed by atoms with E-state index in [4.69, 9.17) is 4.74 Å². The van der Waals surface area contributed by atoms with Crippen molar-refractivity contribution in [2.45, 2.75) is 109 Å². The summed E-state index contributed by atoms with van der Waals surface area (Å²) in [5.74, 6) is -0.693. The van der Waals surface area contributed by atoms with E-state index in [-0.39, 0.29) is 24.1 Å². The summed E-state index contributed by atoms with van der Waals surface area (Å²) in [4.78, 5) is 48.4. The molecule has 2 heterocycles. The number of amides is 3. The van der Waals surface area contributed by atoms with Gasteiger partial charge in [0.2, 0.25) is 11.8 Å². The highest BCUT2D eigenvalue weighted by Gasteiger charge is 2.31. The summed E-state index contributed by atoms with van der Waals surface area (Å²) in [7, 11) is 1.73. The predicted octanol–water partition coefficient (Wildman–Crippen LogP) is 4.90. The number of benzene rings is 1. The molecule has 38 heavy (non-hydrogen) atoms. The SMILES string of the molecule is Cn1c(=O)n(C2CCC(=O)NC2=O)c2ccc(CCCCCCCCCCCNC(=O)OC(C)(C)C)cc21. The maximum absolute atomic E-state index is 12.9. The lowest BCUT2D eigenvalue weighted by atomic mass is 10.0. The second kappa shape index (κ2) is 13.6. The van der Waals surface area contributed by atoms with E-state index >= 15 is 0 Å². The van der Waals surface area contributed by atoms with Crippen molar-refractivity contribution in [2.75, 3.05) is 6.54 Å². The van der Waals surface area contributed by atoms with E-state index in [9.17, 15) is 19.2 Å². The summed E-state index contributed by atoms with van der Waals surface area (Å²) in [5, 5.41) is 5.16. The van der Waals surface area contributed by atoms with Crippen molar-refractivity contribution in [3.63, 3.8) is 0 Å². The number of aryl methyl sites for hydroxylation is 2. The first-order valence-corrected chi connectivity index (χ1v) is 14.1. The average molecular weight is 529 g/mol. The van der Waals surface area contributed by atoms with Gasteiger partial charge < -0.3 is 10.1 Å². The highest BCUT2D eigenvalue weighted by Crippen LogP contribution is 2.24. The normalized spacial score (nSPS) is 16.1. The summed E-state index contributed by atoms with van der Waals surface area (Å²) >= 11 is 0. The van der Waals surface area contributed by atoms with Gasteiger partial charge in [0.25, 0.3) is 0 Å². The number of nitrogens with zero attached hydrogens (tertiary/aromatic N) is 2. The molecular formula is C29H44N4O5. The Morgan fingerprint density at radius 2 is 1.61 bits per heavy atom. The smallest absolute Gasteiger partial charge is 0.407 e. The van der Waals surface area contributed by atoms with Gasteiger partial charge in [-0.25, -0.2) is 9.59 Å². The molecule has 1 aliphatic rings. The minimum atomic E-state index is -0.649. The second-order valence-corrected chi connectivity index (χ2v) is 11.4. The Morgan fingerprint density at radius 3 is 2.24 bits per heavy atom. The quantitative estimate of drug-likeness (QED) is 0.284. The molecule has 1 unspecified atom stereocenters. The Kier molecular flexibility index (Phi) is 10.6. The zero-order chi connectivity index (χ0) is 27.7. The van der Waals surface area contributed by atoms with Gasteiger partial charge in [-0.1, -0.05) is 51.0 Å². The fourth-order valence-electron chi connectivity index (χ4n) is 4.99. The van der Waals surface area contributed by atoms with Gasteiger partial charge in [0.05, 0.1) is 11.0 Å². The molecule has 1 aromatic heterocycles. The van der Waals surface area contributed by atoms with E-state index in [2.05, 4.69) is 16.7 Å². The average Bonchev–Trinajstić information content (AvgIpc) is 3.08. The number of hydrogen-bond donors (Lipinski definition) is 2. The topological polar surface area (TPSA) is 111 Å². The molecule has 3 amide bonds. The molecular weight excluding hydrogens is 484 g/mol. The molecule has 9 nitrogen and oxygen atoms in total. The van der Waals surface area contributed by atoms with E-state index in [1.54, 1.807) is 11.6 Å². The van der Waals surface area contributed by atoms with Crippen LogP contribution in [0.4, 0.5) is 4.79 Å². The highest BCUT2D eigenvalue weighted by atomic mass is 16.6. The number of aromatic nitrogens is 2. The second-order valence-electron chi connectivity index (χ2n) is 11.4. The maximum Gasteiger partial charge on any atom is 0.407 e. The summed E-state index contributed by atoms with van der Waals surface area (Å²) < 4.78 is 8.35. The number of rotatable bonds is 13. The van der Waals surface area contributed by atoms with Gasteiger partial charge in [0, 0.05) is 20.0 Å². The van der Waals surface area contributed by atoms with Gasteiger partial charge in [-0.2, -0.15) is 0 Å². The zero-order valence-corrected chi connectivity index (χ0v) is 23.4. The van der Waals surface area contributed by atoms with Crippen LogP contribution in [0.5, 0.6) is 0 Å². The number of carbonyl (C=O) groups excluding carboxylic acids is 3. The van der Waals surface area contributed by atoms with Crippen molar-refractivity contribution in [2.24, 2.45) is 7.05 Å². The Hall–Kier alpha value is -3.10. The number of imidazole rings is 1. The third kappa shape index (κ3) is 8.46. The molecule has 0 radical (unpaired) electrons. The fraction of sp³-hybridized carbons (Fsp3) is 0.655. The van der Waals surface area contributed by atoms with Crippen molar-refractivity contribution >= 4 is 28.9 Å². The molecule has 0 aliphatic carbocycles. The molecule has 0 saturated carbocycles. The van der Waals surface area contributed by atoms with E-state index < -0.39 is 17.6 Å². The summed E-state index contributed by atoms with van der Waals surface area (Å²) in [5.41, 5.74) is 2.05. The molecule has 0 bridgehead atoms. The lowest BCUT2D eigenvalue weighted by Crippen LogP contribution is -2.44. The van der Waals surface area contributed by atoms with E-state index in [1.165, 1.54) is 48.7 Å². The molecule has 9 heteroatoms. The number of ether oxygens (including phenoxy) is 1. The monoisotopic (exact) mass is 528 g/mol.